The minimum atomic E-state index is 0.125. The van der Waals surface area contributed by atoms with E-state index in [1.165, 1.54) is 24.8 Å². The van der Waals surface area contributed by atoms with Crippen molar-refractivity contribution in [3.63, 3.8) is 0 Å². The number of hydrogen-bond acceptors (Lipinski definition) is 3. The van der Waals surface area contributed by atoms with E-state index in [2.05, 4.69) is 43.9 Å². The molecule has 3 unspecified atom stereocenters. The highest BCUT2D eigenvalue weighted by Gasteiger charge is 2.31. The lowest BCUT2D eigenvalue weighted by molar-refractivity contribution is 0.168. The number of hydrogen-bond donors (Lipinski definition) is 1. The molecule has 0 aromatic carbocycles. The van der Waals surface area contributed by atoms with E-state index in [0.717, 1.165) is 19.0 Å². The van der Waals surface area contributed by atoms with Crippen LogP contribution in [0.15, 0.2) is 12.4 Å². The molecule has 1 aromatic rings. The van der Waals surface area contributed by atoms with Crippen LogP contribution in [0.3, 0.4) is 0 Å². The third-order valence-electron chi connectivity index (χ3n) is 4.95. The third kappa shape index (κ3) is 4.07. The summed E-state index contributed by atoms with van der Waals surface area (Å²) in [7, 11) is 1.97. The molecular weight excluding hydrogens is 260 g/mol. The van der Waals surface area contributed by atoms with Crippen molar-refractivity contribution in [2.75, 3.05) is 13.1 Å². The van der Waals surface area contributed by atoms with Crippen molar-refractivity contribution in [2.24, 2.45) is 24.1 Å². The fraction of sp³-hybridized carbons (Fsp3) is 0.824. The van der Waals surface area contributed by atoms with Crippen LogP contribution in [0.1, 0.15) is 58.6 Å². The van der Waals surface area contributed by atoms with E-state index in [4.69, 9.17) is 5.73 Å². The summed E-state index contributed by atoms with van der Waals surface area (Å²) in [6, 6.07) is 0.415. The molecule has 1 aromatic heterocycles. The summed E-state index contributed by atoms with van der Waals surface area (Å²) in [6.07, 6.45) is 7.96. The molecule has 21 heavy (non-hydrogen) atoms. The van der Waals surface area contributed by atoms with Crippen molar-refractivity contribution in [3.05, 3.63) is 18.0 Å². The smallest absolute Gasteiger partial charge is 0.0538 e. The van der Waals surface area contributed by atoms with Crippen molar-refractivity contribution in [1.29, 1.82) is 0 Å². The quantitative estimate of drug-likeness (QED) is 0.931. The summed E-state index contributed by atoms with van der Waals surface area (Å²) in [6.45, 7) is 11.5. The van der Waals surface area contributed by atoms with Gasteiger partial charge in [0.15, 0.2) is 0 Å². The Morgan fingerprint density at radius 3 is 2.52 bits per heavy atom. The van der Waals surface area contributed by atoms with E-state index < -0.39 is 0 Å². The van der Waals surface area contributed by atoms with Gasteiger partial charge in [-0.25, -0.2) is 0 Å². The SMILES string of the molecule is CC(N)C(c1cnn(C)c1)N1CCCC(C(C)(C)C)CC1. The molecule has 0 saturated carbocycles. The Morgan fingerprint density at radius 2 is 2.00 bits per heavy atom. The monoisotopic (exact) mass is 292 g/mol. The standard InChI is InChI=1S/C17H32N4/c1-13(18)16(14-11-19-20(5)12-14)21-9-6-7-15(8-10-21)17(2,3)4/h11-13,15-16H,6-10,18H2,1-5H3. The van der Waals surface area contributed by atoms with Gasteiger partial charge in [-0.15, -0.1) is 0 Å². The molecule has 4 heteroatoms. The second-order valence-corrected chi connectivity index (χ2v) is 7.78. The van der Waals surface area contributed by atoms with Crippen LogP contribution in [0.4, 0.5) is 0 Å². The highest BCUT2D eigenvalue weighted by Crippen LogP contribution is 2.36. The van der Waals surface area contributed by atoms with Crippen LogP contribution in [0.25, 0.3) is 0 Å². The Bertz CT molecular complexity index is 444. The van der Waals surface area contributed by atoms with E-state index in [0.29, 0.717) is 5.41 Å². The van der Waals surface area contributed by atoms with E-state index in [9.17, 15) is 0 Å². The Balaban J connectivity index is 2.11. The zero-order valence-electron chi connectivity index (χ0n) is 14.3. The van der Waals surface area contributed by atoms with Gasteiger partial charge in [-0.1, -0.05) is 20.8 Å². The zero-order valence-corrected chi connectivity index (χ0v) is 14.3. The first-order valence-corrected chi connectivity index (χ1v) is 8.27. The Kier molecular flexibility index (Phi) is 5.10. The second kappa shape index (κ2) is 6.49. The zero-order chi connectivity index (χ0) is 15.6. The Hall–Kier alpha value is -0.870. The number of aryl methyl sites for hydroxylation is 1. The maximum atomic E-state index is 6.30. The highest BCUT2D eigenvalue weighted by molar-refractivity contribution is 5.13. The molecule has 3 atom stereocenters. The summed E-state index contributed by atoms with van der Waals surface area (Å²) in [5.74, 6) is 0.810. The summed E-state index contributed by atoms with van der Waals surface area (Å²) < 4.78 is 1.88. The molecule has 0 radical (unpaired) electrons. The fourth-order valence-corrected chi connectivity index (χ4v) is 3.70. The van der Waals surface area contributed by atoms with Gasteiger partial charge in [-0.3, -0.25) is 9.58 Å². The molecule has 1 aliphatic heterocycles. The topological polar surface area (TPSA) is 47.1 Å². The van der Waals surface area contributed by atoms with Gasteiger partial charge >= 0.3 is 0 Å². The van der Waals surface area contributed by atoms with Crippen molar-refractivity contribution in [1.82, 2.24) is 14.7 Å². The normalized spacial score (nSPS) is 24.6. The summed E-state index contributed by atoms with van der Waals surface area (Å²) in [5, 5.41) is 4.33. The van der Waals surface area contributed by atoms with Crippen LogP contribution < -0.4 is 5.73 Å². The molecule has 0 spiro atoms. The van der Waals surface area contributed by atoms with Crippen LogP contribution in [0.5, 0.6) is 0 Å². The van der Waals surface area contributed by atoms with Gasteiger partial charge in [0.1, 0.15) is 0 Å². The van der Waals surface area contributed by atoms with Gasteiger partial charge in [-0.05, 0) is 50.6 Å². The second-order valence-electron chi connectivity index (χ2n) is 7.78. The summed E-state index contributed by atoms with van der Waals surface area (Å²) in [5.41, 5.74) is 7.96. The van der Waals surface area contributed by atoms with E-state index in [-0.39, 0.29) is 12.1 Å². The lowest BCUT2D eigenvalue weighted by Gasteiger charge is -2.34. The highest BCUT2D eigenvalue weighted by atomic mass is 15.3. The molecular formula is C17H32N4. The summed E-state index contributed by atoms with van der Waals surface area (Å²) in [4.78, 5) is 2.58. The fourth-order valence-electron chi connectivity index (χ4n) is 3.70. The maximum Gasteiger partial charge on any atom is 0.0538 e. The minimum Gasteiger partial charge on any atom is -0.326 e. The molecule has 0 bridgehead atoms. The largest absolute Gasteiger partial charge is 0.326 e. The molecule has 2 N–H and O–H groups in total. The van der Waals surface area contributed by atoms with E-state index in [1.54, 1.807) is 0 Å². The average Bonchev–Trinajstić information content (AvgIpc) is 2.62. The van der Waals surface area contributed by atoms with Gasteiger partial charge in [-0.2, -0.15) is 5.10 Å². The minimum absolute atomic E-state index is 0.125. The first kappa shape index (κ1) is 16.5. The molecule has 0 amide bonds. The van der Waals surface area contributed by atoms with Gasteiger partial charge in [0.25, 0.3) is 0 Å². The van der Waals surface area contributed by atoms with Crippen LogP contribution in [-0.2, 0) is 7.05 Å². The van der Waals surface area contributed by atoms with Gasteiger partial charge < -0.3 is 5.73 Å². The molecule has 120 valence electrons. The van der Waals surface area contributed by atoms with Crippen molar-refractivity contribution >= 4 is 0 Å². The lowest BCUT2D eigenvalue weighted by atomic mass is 9.77. The molecule has 0 aliphatic carbocycles. The van der Waals surface area contributed by atoms with Gasteiger partial charge in [0, 0.05) is 24.8 Å². The molecule has 1 saturated heterocycles. The van der Waals surface area contributed by atoms with Crippen molar-refractivity contribution in [3.8, 4) is 0 Å². The lowest BCUT2D eigenvalue weighted by Crippen LogP contribution is -2.40. The molecule has 2 heterocycles. The molecule has 1 fully saturated rings. The molecule has 1 aliphatic rings. The maximum absolute atomic E-state index is 6.30. The number of likely N-dealkylation sites (tertiary alicyclic amines) is 1. The number of nitrogens with zero attached hydrogens (tertiary/aromatic N) is 3. The van der Waals surface area contributed by atoms with Gasteiger partial charge in [0.2, 0.25) is 0 Å². The molecule has 4 nitrogen and oxygen atoms in total. The van der Waals surface area contributed by atoms with E-state index >= 15 is 0 Å². The first-order valence-electron chi connectivity index (χ1n) is 8.27. The van der Waals surface area contributed by atoms with Crippen LogP contribution >= 0.6 is 0 Å². The predicted molar refractivity (Wildman–Crippen MR) is 88.0 cm³/mol. The molecule has 2 rings (SSSR count). The Labute approximate surface area is 129 Å². The number of nitrogens with two attached hydrogens (primary N) is 1. The number of aromatic nitrogens is 2. The Morgan fingerprint density at radius 1 is 1.29 bits per heavy atom. The third-order valence-corrected chi connectivity index (χ3v) is 4.95. The van der Waals surface area contributed by atoms with E-state index in [1.807, 2.05) is 17.9 Å². The van der Waals surface area contributed by atoms with Crippen molar-refractivity contribution in [2.45, 2.75) is 59.0 Å². The van der Waals surface area contributed by atoms with Gasteiger partial charge in [0.05, 0.1) is 12.2 Å². The van der Waals surface area contributed by atoms with Crippen LogP contribution in [0.2, 0.25) is 0 Å². The predicted octanol–water partition coefficient (Wildman–Crippen LogP) is 2.96. The van der Waals surface area contributed by atoms with Crippen molar-refractivity contribution < 1.29 is 0 Å². The van der Waals surface area contributed by atoms with Crippen LogP contribution in [-0.4, -0.2) is 33.8 Å². The first-order chi connectivity index (χ1) is 9.79. The summed E-state index contributed by atoms with van der Waals surface area (Å²) >= 11 is 0. The number of rotatable bonds is 3. The van der Waals surface area contributed by atoms with Crippen LogP contribution in [0, 0.1) is 11.3 Å². The average molecular weight is 292 g/mol.